The molecule has 1 saturated heterocycles. The molecule has 4 rings (SSSR count). The quantitative estimate of drug-likeness (QED) is 0.649. The predicted octanol–water partition coefficient (Wildman–Crippen LogP) is 2.56. The van der Waals surface area contributed by atoms with E-state index in [1.54, 1.807) is 50.9 Å². The van der Waals surface area contributed by atoms with Crippen LogP contribution in [0.4, 0.5) is 0 Å². The Kier molecular flexibility index (Phi) is 5.37. The van der Waals surface area contributed by atoms with Crippen LogP contribution in [0.1, 0.15) is 35.0 Å². The van der Waals surface area contributed by atoms with Crippen molar-refractivity contribution in [3.05, 3.63) is 48.1 Å². The maximum Gasteiger partial charge on any atom is 0.253 e. The largest absolute Gasteiger partial charge is 0.493 e. The first kappa shape index (κ1) is 18.9. The van der Waals surface area contributed by atoms with Gasteiger partial charge in [0.05, 0.1) is 26.6 Å². The van der Waals surface area contributed by atoms with Crippen molar-refractivity contribution in [3.8, 4) is 22.9 Å². The van der Waals surface area contributed by atoms with E-state index in [0.29, 0.717) is 41.9 Å². The zero-order valence-electron chi connectivity index (χ0n) is 16.2. The molecule has 9 heteroatoms. The van der Waals surface area contributed by atoms with Crippen molar-refractivity contribution in [3.63, 3.8) is 0 Å². The van der Waals surface area contributed by atoms with Crippen LogP contribution in [-0.4, -0.2) is 58.5 Å². The number of benzene rings is 1. The molecule has 2 aromatic heterocycles. The van der Waals surface area contributed by atoms with Crippen LogP contribution in [0.25, 0.3) is 11.4 Å². The molecule has 9 nitrogen and oxygen atoms in total. The highest BCUT2D eigenvalue weighted by Gasteiger charge is 2.28. The molecule has 0 bridgehead atoms. The van der Waals surface area contributed by atoms with Gasteiger partial charge in [-0.2, -0.15) is 15.2 Å². The zero-order valence-corrected chi connectivity index (χ0v) is 16.2. The van der Waals surface area contributed by atoms with Crippen molar-refractivity contribution in [2.24, 2.45) is 0 Å². The highest BCUT2D eigenvalue weighted by molar-refractivity contribution is 5.95. The van der Waals surface area contributed by atoms with Crippen LogP contribution in [-0.2, 0) is 0 Å². The van der Waals surface area contributed by atoms with Gasteiger partial charge in [-0.25, -0.2) is 0 Å². The van der Waals surface area contributed by atoms with Crippen molar-refractivity contribution in [2.45, 2.75) is 18.8 Å². The van der Waals surface area contributed by atoms with E-state index in [-0.39, 0.29) is 11.8 Å². The summed E-state index contributed by atoms with van der Waals surface area (Å²) < 4.78 is 16.0. The Hall–Kier alpha value is -3.49. The Morgan fingerprint density at radius 1 is 1.10 bits per heavy atom. The van der Waals surface area contributed by atoms with E-state index in [1.807, 2.05) is 4.90 Å². The number of aromatic nitrogens is 4. The lowest BCUT2D eigenvalue weighted by Crippen LogP contribution is -2.38. The van der Waals surface area contributed by atoms with Gasteiger partial charge in [-0.05, 0) is 37.1 Å². The molecular formula is C20H21N5O4. The number of ether oxygens (including phenoxy) is 2. The van der Waals surface area contributed by atoms with E-state index in [4.69, 9.17) is 14.0 Å². The van der Waals surface area contributed by atoms with Crippen molar-refractivity contribution in [1.29, 1.82) is 0 Å². The van der Waals surface area contributed by atoms with Gasteiger partial charge >= 0.3 is 0 Å². The van der Waals surface area contributed by atoms with E-state index < -0.39 is 0 Å². The molecule has 0 N–H and O–H groups in total. The summed E-state index contributed by atoms with van der Waals surface area (Å²) in [5.41, 5.74) is 1.34. The first-order valence-corrected chi connectivity index (χ1v) is 9.31. The number of hydrogen-bond donors (Lipinski definition) is 0. The third-order valence-electron chi connectivity index (χ3n) is 5.05. The Bertz CT molecular complexity index is 984. The van der Waals surface area contributed by atoms with E-state index >= 15 is 0 Å². The Morgan fingerprint density at radius 2 is 1.90 bits per heavy atom. The number of piperidine rings is 1. The van der Waals surface area contributed by atoms with Crippen LogP contribution < -0.4 is 9.47 Å². The maximum absolute atomic E-state index is 12.9. The van der Waals surface area contributed by atoms with Crippen molar-refractivity contribution in [1.82, 2.24) is 25.2 Å². The van der Waals surface area contributed by atoms with Gasteiger partial charge in [-0.1, -0.05) is 5.16 Å². The second-order valence-corrected chi connectivity index (χ2v) is 6.72. The summed E-state index contributed by atoms with van der Waals surface area (Å²) in [4.78, 5) is 19.2. The first-order chi connectivity index (χ1) is 14.2. The minimum Gasteiger partial charge on any atom is -0.493 e. The minimum absolute atomic E-state index is 0.0292. The van der Waals surface area contributed by atoms with Gasteiger partial charge < -0.3 is 18.9 Å². The van der Waals surface area contributed by atoms with Gasteiger partial charge in [0.1, 0.15) is 0 Å². The maximum atomic E-state index is 12.9. The summed E-state index contributed by atoms with van der Waals surface area (Å²) in [6.07, 6.45) is 4.70. The Balaban J connectivity index is 1.41. The van der Waals surface area contributed by atoms with Crippen molar-refractivity contribution in [2.75, 3.05) is 27.3 Å². The van der Waals surface area contributed by atoms with Crippen LogP contribution >= 0.6 is 0 Å². The fourth-order valence-electron chi connectivity index (χ4n) is 3.42. The summed E-state index contributed by atoms with van der Waals surface area (Å²) >= 11 is 0. The zero-order chi connectivity index (χ0) is 20.2. The number of carbonyl (C=O) groups is 1. The van der Waals surface area contributed by atoms with Crippen LogP contribution in [0.3, 0.4) is 0 Å². The third-order valence-corrected chi connectivity index (χ3v) is 5.05. The molecule has 1 fully saturated rings. The molecule has 1 aliphatic heterocycles. The minimum atomic E-state index is -0.0292. The molecule has 1 aliphatic rings. The van der Waals surface area contributed by atoms with Gasteiger partial charge in [0, 0.05) is 30.1 Å². The highest BCUT2D eigenvalue weighted by atomic mass is 16.5. The summed E-state index contributed by atoms with van der Waals surface area (Å²) in [7, 11) is 3.12. The fourth-order valence-corrected chi connectivity index (χ4v) is 3.42. The number of carbonyl (C=O) groups excluding carboxylic acids is 1. The number of hydrogen-bond acceptors (Lipinski definition) is 8. The molecule has 0 radical (unpaired) electrons. The van der Waals surface area contributed by atoms with Crippen LogP contribution in [0.2, 0.25) is 0 Å². The number of methoxy groups -OCH3 is 2. The molecule has 0 atom stereocenters. The summed E-state index contributed by atoms with van der Waals surface area (Å²) in [6, 6.07) is 6.99. The number of rotatable bonds is 5. The van der Waals surface area contributed by atoms with E-state index in [2.05, 4.69) is 20.3 Å². The fraction of sp³-hybridized carbons (Fsp3) is 0.350. The molecule has 0 spiro atoms. The number of amides is 1. The average molecular weight is 395 g/mol. The summed E-state index contributed by atoms with van der Waals surface area (Å²) in [5, 5.41) is 11.6. The number of nitrogens with zero attached hydrogens (tertiary/aromatic N) is 5. The highest BCUT2D eigenvalue weighted by Crippen LogP contribution is 2.31. The Labute approximate surface area is 167 Å². The van der Waals surface area contributed by atoms with Crippen LogP contribution in [0.15, 0.2) is 41.2 Å². The number of likely N-dealkylation sites (tertiary alicyclic amines) is 1. The molecule has 0 saturated carbocycles. The van der Waals surface area contributed by atoms with Gasteiger partial charge in [0.25, 0.3) is 5.91 Å². The van der Waals surface area contributed by atoms with Crippen molar-refractivity contribution < 1.29 is 18.8 Å². The normalized spacial score (nSPS) is 14.6. The molecule has 3 aromatic rings. The molecule has 150 valence electrons. The van der Waals surface area contributed by atoms with Crippen LogP contribution in [0.5, 0.6) is 11.5 Å². The molecule has 29 heavy (non-hydrogen) atoms. The second-order valence-electron chi connectivity index (χ2n) is 6.72. The molecule has 0 unspecified atom stereocenters. The molecule has 3 heterocycles. The van der Waals surface area contributed by atoms with Crippen LogP contribution in [0, 0.1) is 0 Å². The van der Waals surface area contributed by atoms with E-state index in [0.717, 1.165) is 18.4 Å². The smallest absolute Gasteiger partial charge is 0.253 e. The average Bonchev–Trinajstić information content (AvgIpc) is 3.29. The summed E-state index contributed by atoms with van der Waals surface area (Å²) in [6.45, 7) is 1.23. The molecule has 1 amide bonds. The molecule has 0 aliphatic carbocycles. The lowest BCUT2D eigenvalue weighted by atomic mass is 9.96. The van der Waals surface area contributed by atoms with Gasteiger partial charge in [0.2, 0.25) is 11.7 Å². The van der Waals surface area contributed by atoms with Gasteiger partial charge in [-0.3, -0.25) is 4.79 Å². The molecular weight excluding hydrogens is 374 g/mol. The van der Waals surface area contributed by atoms with E-state index in [9.17, 15) is 4.79 Å². The topological polar surface area (TPSA) is 103 Å². The monoisotopic (exact) mass is 395 g/mol. The lowest BCUT2D eigenvalue weighted by molar-refractivity contribution is 0.0704. The van der Waals surface area contributed by atoms with Gasteiger partial charge in [0.15, 0.2) is 11.5 Å². The lowest BCUT2D eigenvalue weighted by Gasteiger charge is -2.30. The standard InChI is InChI=1S/C20H21N5O4/c1-27-16-4-3-14(11-17(16)28-2)20(26)25-9-6-13(7-10-25)19-23-18(24-29-19)15-5-8-21-22-12-15/h3-5,8,11-13H,6-7,9-10H2,1-2H3. The summed E-state index contributed by atoms with van der Waals surface area (Å²) in [5.74, 6) is 2.32. The predicted molar refractivity (Wildman–Crippen MR) is 103 cm³/mol. The van der Waals surface area contributed by atoms with Crippen molar-refractivity contribution >= 4 is 5.91 Å². The third kappa shape index (κ3) is 3.89. The van der Waals surface area contributed by atoms with E-state index in [1.165, 1.54) is 0 Å². The second kappa shape index (κ2) is 8.26. The Morgan fingerprint density at radius 3 is 2.59 bits per heavy atom. The SMILES string of the molecule is COc1ccc(C(=O)N2CCC(c3nc(-c4ccnnc4)no3)CC2)cc1OC. The van der Waals surface area contributed by atoms with Gasteiger partial charge in [-0.15, -0.1) is 0 Å². The molecule has 1 aromatic carbocycles. The first-order valence-electron chi connectivity index (χ1n) is 9.31.